The van der Waals surface area contributed by atoms with Crippen LogP contribution >= 0.6 is 0 Å². The lowest BCUT2D eigenvalue weighted by Gasteiger charge is -2.34. The number of nitrogens with one attached hydrogen (secondary N) is 1. The quantitative estimate of drug-likeness (QED) is 0.610. The monoisotopic (exact) mass is 504 g/mol. The van der Waals surface area contributed by atoms with Crippen LogP contribution in [-0.2, 0) is 16.1 Å². The number of halogens is 4. The van der Waals surface area contributed by atoms with Gasteiger partial charge in [0, 0.05) is 31.7 Å². The minimum atomic E-state index is -4.36. The summed E-state index contributed by atoms with van der Waals surface area (Å²) in [5.74, 6) is -2.98. The molecule has 1 aromatic heterocycles. The molecule has 1 N–H and O–H groups in total. The van der Waals surface area contributed by atoms with Crippen molar-refractivity contribution in [1.82, 2.24) is 15.2 Å². The van der Waals surface area contributed by atoms with Crippen molar-refractivity contribution in [2.45, 2.75) is 70.8 Å². The van der Waals surface area contributed by atoms with Crippen molar-refractivity contribution < 1.29 is 36.6 Å². The third kappa shape index (κ3) is 6.66. The summed E-state index contributed by atoms with van der Waals surface area (Å²) >= 11 is 0. The summed E-state index contributed by atoms with van der Waals surface area (Å²) in [5.41, 5.74) is -0.471. The van der Waals surface area contributed by atoms with Gasteiger partial charge in [-0.15, -0.1) is 0 Å². The molecule has 2 aliphatic heterocycles. The number of rotatable bonds is 5. The van der Waals surface area contributed by atoms with E-state index >= 15 is 0 Å². The van der Waals surface area contributed by atoms with Crippen molar-refractivity contribution in [3.63, 3.8) is 0 Å². The van der Waals surface area contributed by atoms with E-state index in [-0.39, 0.29) is 49.7 Å². The summed E-state index contributed by atoms with van der Waals surface area (Å²) in [6, 6.07) is 0.388. The maximum atomic E-state index is 14.9. The van der Waals surface area contributed by atoms with Crippen LogP contribution in [0.4, 0.5) is 28.2 Å². The number of pyridine rings is 1. The number of amides is 2. The normalized spacial score (nSPS) is 21.1. The van der Waals surface area contributed by atoms with Gasteiger partial charge in [0.25, 0.3) is 0 Å². The zero-order chi connectivity index (χ0) is 26.0. The molecule has 0 aromatic carbocycles. The van der Waals surface area contributed by atoms with E-state index < -0.39 is 41.6 Å². The summed E-state index contributed by atoms with van der Waals surface area (Å²) in [4.78, 5) is 32.0. The number of ether oxygens (including phenoxy) is 2. The van der Waals surface area contributed by atoms with Gasteiger partial charge in [0.15, 0.2) is 11.6 Å². The van der Waals surface area contributed by atoms with Gasteiger partial charge in [-0.05, 0) is 52.5 Å². The molecular formula is C23H32F4N4O4. The molecule has 0 bridgehead atoms. The highest BCUT2D eigenvalue weighted by atomic mass is 19.4. The SMILES string of the molecule is COc1nc(N2CCCC(C(F)(F)F)C2)c(F)cc1CNC(=O)C1CCCN1C(=O)OC(C)(C)C. The Morgan fingerprint density at radius 3 is 2.49 bits per heavy atom. The smallest absolute Gasteiger partial charge is 0.410 e. The Hall–Kier alpha value is -2.79. The lowest BCUT2D eigenvalue weighted by Crippen LogP contribution is -2.47. The van der Waals surface area contributed by atoms with Crippen molar-refractivity contribution in [2.24, 2.45) is 5.92 Å². The molecule has 196 valence electrons. The van der Waals surface area contributed by atoms with Gasteiger partial charge in [0.05, 0.1) is 13.0 Å². The average Bonchev–Trinajstić information content (AvgIpc) is 3.26. The van der Waals surface area contributed by atoms with Crippen LogP contribution in [0, 0.1) is 11.7 Å². The first kappa shape index (κ1) is 26.8. The molecular weight excluding hydrogens is 472 g/mol. The van der Waals surface area contributed by atoms with E-state index in [1.165, 1.54) is 16.9 Å². The van der Waals surface area contributed by atoms with Crippen LogP contribution < -0.4 is 15.0 Å². The molecule has 3 rings (SSSR count). The average molecular weight is 505 g/mol. The van der Waals surface area contributed by atoms with Crippen molar-refractivity contribution in [2.75, 3.05) is 31.6 Å². The maximum Gasteiger partial charge on any atom is 0.410 e. The summed E-state index contributed by atoms with van der Waals surface area (Å²) in [6.45, 7) is 5.33. The Bertz CT molecular complexity index is 935. The van der Waals surface area contributed by atoms with Gasteiger partial charge in [-0.25, -0.2) is 9.18 Å². The minimum absolute atomic E-state index is 0.00579. The molecule has 0 saturated carbocycles. The number of methoxy groups -OCH3 is 1. The third-order valence-electron chi connectivity index (χ3n) is 6.01. The summed E-state index contributed by atoms with van der Waals surface area (Å²) in [6.07, 6.45) is -3.59. The standard InChI is InChI=1S/C23H32F4N4O4/c1-22(2,3)35-21(33)31-10-6-8-17(31)19(32)28-12-14-11-16(24)18(29-20(14)34-4)30-9-5-7-15(13-30)23(25,26)27/h11,15,17H,5-10,12-13H2,1-4H3,(H,28,32). The lowest BCUT2D eigenvalue weighted by molar-refractivity contribution is -0.176. The number of hydrogen-bond donors (Lipinski definition) is 1. The minimum Gasteiger partial charge on any atom is -0.481 e. The summed E-state index contributed by atoms with van der Waals surface area (Å²) in [7, 11) is 1.31. The van der Waals surface area contributed by atoms with Crippen LogP contribution in [0.2, 0.25) is 0 Å². The lowest BCUT2D eigenvalue weighted by atomic mass is 9.97. The van der Waals surface area contributed by atoms with Gasteiger partial charge in [0.2, 0.25) is 11.8 Å². The molecule has 2 unspecified atom stereocenters. The van der Waals surface area contributed by atoms with E-state index in [0.717, 1.165) is 6.07 Å². The number of likely N-dealkylation sites (tertiary alicyclic amines) is 1. The van der Waals surface area contributed by atoms with Crippen LogP contribution in [0.1, 0.15) is 52.0 Å². The number of hydrogen-bond acceptors (Lipinski definition) is 6. The molecule has 0 aliphatic carbocycles. The van der Waals surface area contributed by atoms with Crippen LogP contribution in [0.5, 0.6) is 5.88 Å². The molecule has 8 nitrogen and oxygen atoms in total. The molecule has 1 aromatic rings. The highest BCUT2D eigenvalue weighted by molar-refractivity contribution is 5.86. The second kappa shape index (κ2) is 10.4. The first-order valence-corrected chi connectivity index (χ1v) is 11.6. The van der Waals surface area contributed by atoms with Gasteiger partial charge in [-0.3, -0.25) is 9.69 Å². The largest absolute Gasteiger partial charge is 0.481 e. The fourth-order valence-corrected chi connectivity index (χ4v) is 4.34. The molecule has 35 heavy (non-hydrogen) atoms. The zero-order valence-corrected chi connectivity index (χ0v) is 20.4. The number of nitrogens with zero attached hydrogens (tertiary/aromatic N) is 3. The zero-order valence-electron chi connectivity index (χ0n) is 20.4. The van der Waals surface area contributed by atoms with E-state index in [4.69, 9.17) is 9.47 Å². The van der Waals surface area contributed by atoms with Crippen LogP contribution in [0.3, 0.4) is 0 Å². The fraction of sp³-hybridized carbons (Fsp3) is 0.696. The summed E-state index contributed by atoms with van der Waals surface area (Å²) in [5, 5.41) is 2.68. The first-order chi connectivity index (χ1) is 16.3. The summed E-state index contributed by atoms with van der Waals surface area (Å²) < 4.78 is 65.0. The van der Waals surface area contributed by atoms with E-state index in [2.05, 4.69) is 10.3 Å². The molecule has 0 spiro atoms. The highest BCUT2D eigenvalue weighted by Crippen LogP contribution is 2.36. The number of piperidine rings is 1. The third-order valence-corrected chi connectivity index (χ3v) is 6.01. The van der Waals surface area contributed by atoms with Crippen LogP contribution in [0.15, 0.2) is 6.07 Å². The predicted molar refractivity (Wildman–Crippen MR) is 120 cm³/mol. The Morgan fingerprint density at radius 2 is 1.86 bits per heavy atom. The fourth-order valence-electron chi connectivity index (χ4n) is 4.34. The molecule has 2 atom stereocenters. The molecule has 12 heteroatoms. The number of aromatic nitrogens is 1. The Balaban J connectivity index is 1.69. The molecule has 0 radical (unpaired) electrons. The number of carbonyl (C=O) groups is 2. The Morgan fingerprint density at radius 1 is 1.17 bits per heavy atom. The van der Waals surface area contributed by atoms with Gasteiger partial charge in [0.1, 0.15) is 11.6 Å². The second-order valence-corrected chi connectivity index (χ2v) is 9.84. The van der Waals surface area contributed by atoms with E-state index in [1.54, 1.807) is 20.8 Å². The highest BCUT2D eigenvalue weighted by Gasteiger charge is 2.42. The van der Waals surface area contributed by atoms with Crippen molar-refractivity contribution in [3.05, 3.63) is 17.4 Å². The van der Waals surface area contributed by atoms with Crippen molar-refractivity contribution >= 4 is 17.8 Å². The Labute approximate surface area is 201 Å². The first-order valence-electron chi connectivity index (χ1n) is 11.6. The number of carbonyl (C=O) groups excluding carboxylic acids is 2. The van der Waals surface area contributed by atoms with Crippen molar-refractivity contribution in [3.8, 4) is 5.88 Å². The molecule has 2 aliphatic rings. The topological polar surface area (TPSA) is 84.0 Å². The molecule has 2 saturated heterocycles. The van der Waals surface area contributed by atoms with E-state index in [0.29, 0.717) is 19.4 Å². The van der Waals surface area contributed by atoms with E-state index in [1.807, 2.05) is 0 Å². The van der Waals surface area contributed by atoms with Gasteiger partial charge in [-0.2, -0.15) is 18.2 Å². The number of alkyl halides is 3. The molecule has 3 heterocycles. The van der Waals surface area contributed by atoms with Gasteiger partial charge in [-0.1, -0.05) is 0 Å². The molecule has 2 amide bonds. The van der Waals surface area contributed by atoms with Gasteiger partial charge < -0.3 is 19.7 Å². The van der Waals surface area contributed by atoms with Crippen LogP contribution in [0.25, 0.3) is 0 Å². The van der Waals surface area contributed by atoms with Crippen LogP contribution in [-0.4, -0.2) is 66.4 Å². The maximum absolute atomic E-state index is 14.9. The Kier molecular flexibility index (Phi) is 8.00. The second-order valence-electron chi connectivity index (χ2n) is 9.84. The molecule has 2 fully saturated rings. The van der Waals surface area contributed by atoms with Crippen molar-refractivity contribution in [1.29, 1.82) is 0 Å². The predicted octanol–water partition coefficient (Wildman–Crippen LogP) is 4.02. The number of anilines is 1. The van der Waals surface area contributed by atoms with Gasteiger partial charge >= 0.3 is 12.3 Å². The van der Waals surface area contributed by atoms with E-state index in [9.17, 15) is 27.2 Å².